The maximum absolute atomic E-state index is 5.53. The molecule has 0 saturated carbocycles. The average molecular weight is 1020 g/mol. The molecule has 15 rings (SSSR count). The molecule has 0 saturated heterocycles. The number of rotatable bonds is 9. The summed E-state index contributed by atoms with van der Waals surface area (Å²) in [5.74, 6) is 3.41. The van der Waals surface area contributed by atoms with E-state index in [1.807, 2.05) is 72.8 Å². The predicted molar refractivity (Wildman–Crippen MR) is 330 cm³/mol. The van der Waals surface area contributed by atoms with Gasteiger partial charge in [-0.05, 0) is 112 Å². The molecule has 372 valence electrons. The molecule has 80 heavy (non-hydrogen) atoms. The summed E-state index contributed by atoms with van der Waals surface area (Å²) in [7, 11) is 0. The van der Waals surface area contributed by atoms with Gasteiger partial charge >= 0.3 is 0 Å². The van der Waals surface area contributed by atoms with Crippen molar-refractivity contribution < 1.29 is 0 Å². The molecule has 0 fully saturated rings. The summed E-state index contributed by atoms with van der Waals surface area (Å²) in [4.78, 5) is 32.6. The van der Waals surface area contributed by atoms with Crippen molar-refractivity contribution in [1.29, 1.82) is 0 Å². The van der Waals surface area contributed by atoms with Crippen molar-refractivity contribution in [2.45, 2.75) is 0 Å². The Hall–Kier alpha value is -10.8. The van der Waals surface area contributed by atoms with Crippen LogP contribution in [0.2, 0.25) is 0 Å². The van der Waals surface area contributed by atoms with Crippen molar-refractivity contribution in [1.82, 2.24) is 29.9 Å². The number of nitrogens with zero attached hydrogens (tertiary/aromatic N) is 6. The molecule has 0 aliphatic rings. The summed E-state index contributed by atoms with van der Waals surface area (Å²) in [5.41, 5.74) is 12.0. The lowest BCUT2D eigenvalue weighted by atomic mass is 9.82. The summed E-state index contributed by atoms with van der Waals surface area (Å²) in [6.45, 7) is 0. The van der Waals surface area contributed by atoms with Crippen LogP contribution in [0, 0.1) is 0 Å². The molecule has 0 N–H and O–H groups in total. The normalized spacial score (nSPS) is 11.5. The van der Waals surface area contributed by atoms with E-state index in [-0.39, 0.29) is 0 Å². The van der Waals surface area contributed by atoms with Gasteiger partial charge in [-0.15, -0.1) is 0 Å². The van der Waals surface area contributed by atoms with Crippen LogP contribution in [0.15, 0.2) is 279 Å². The van der Waals surface area contributed by atoms with Crippen molar-refractivity contribution in [2.24, 2.45) is 0 Å². The Kier molecular flexibility index (Phi) is 11.4. The fourth-order valence-corrected chi connectivity index (χ4v) is 11.6. The van der Waals surface area contributed by atoms with E-state index >= 15 is 0 Å². The Balaban J connectivity index is 1.17. The number of fused-ring (bicyclic) bond motifs is 6. The Morgan fingerprint density at radius 1 is 0.150 bits per heavy atom. The quantitative estimate of drug-likeness (QED) is 0.106. The van der Waals surface area contributed by atoms with Crippen molar-refractivity contribution in [3.05, 3.63) is 279 Å². The van der Waals surface area contributed by atoms with Gasteiger partial charge in [0, 0.05) is 33.4 Å². The highest BCUT2D eigenvalue weighted by molar-refractivity contribution is 6.29. The van der Waals surface area contributed by atoms with Gasteiger partial charge in [0.2, 0.25) is 0 Å². The fraction of sp³-hybridized carbons (Fsp3) is 0. The lowest BCUT2D eigenvalue weighted by Gasteiger charge is -2.22. The Labute approximate surface area is 462 Å². The summed E-state index contributed by atoms with van der Waals surface area (Å²) < 4.78 is 0. The maximum atomic E-state index is 5.53. The van der Waals surface area contributed by atoms with E-state index in [0.717, 1.165) is 110 Å². The van der Waals surface area contributed by atoms with Crippen molar-refractivity contribution in [2.75, 3.05) is 0 Å². The van der Waals surface area contributed by atoms with Crippen LogP contribution in [0.3, 0.4) is 0 Å². The first-order valence-electron chi connectivity index (χ1n) is 26.9. The van der Waals surface area contributed by atoms with Gasteiger partial charge in [-0.2, -0.15) is 0 Å². The predicted octanol–water partition coefficient (Wildman–Crippen LogP) is 18.8. The van der Waals surface area contributed by atoms with Crippen molar-refractivity contribution >= 4 is 53.9 Å². The number of aromatic nitrogens is 6. The van der Waals surface area contributed by atoms with Gasteiger partial charge in [-0.3, -0.25) is 0 Å². The molecule has 0 radical (unpaired) electrons. The molecule has 6 nitrogen and oxygen atoms in total. The molecule has 0 bridgehead atoms. The van der Waals surface area contributed by atoms with E-state index in [0.29, 0.717) is 34.9 Å². The third-order valence-corrected chi connectivity index (χ3v) is 15.3. The van der Waals surface area contributed by atoms with Crippen LogP contribution < -0.4 is 0 Å². The van der Waals surface area contributed by atoms with Gasteiger partial charge < -0.3 is 0 Å². The number of hydrogen-bond donors (Lipinski definition) is 0. The second-order valence-corrected chi connectivity index (χ2v) is 20.1. The summed E-state index contributed by atoms with van der Waals surface area (Å²) >= 11 is 0. The van der Waals surface area contributed by atoms with Crippen LogP contribution in [0.4, 0.5) is 0 Å². The standard InChI is InChI=1S/C74H46N6/c1-7-23-47(24-8-1)55-41-42-59-61(44-55)68(74-79-71(52-32-15-5-16-33-52)76-72(80-74)53-34-17-6-18-35-53)63-45-60-57-37-21-22-38-58(57)66(56-40-39-48-25-19-20-36-54(48)43-56)65(49-26-9-2-10-27-49)62(60)46-64(63)67(59)73-77-69(50-28-11-3-12-29-50)75-70(78-73)51-30-13-4-14-31-51/h1-46H. The van der Waals surface area contributed by atoms with Crippen LogP contribution in [0.25, 0.3) is 156 Å². The molecule has 0 aliphatic carbocycles. The van der Waals surface area contributed by atoms with E-state index in [9.17, 15) is 0 Å². The molecule has 2 heterocycles. The van der Waals surface area contributed by atoms with E-state index in [1.165, 1.54) is 10.8 Å². The van der Waals surface area contributed by atoms with Crippen LogP contribution in [-0.4, -0.2) is 29.9 Å². The number of benzene rings is 13. The highest BCUT2D eigenvalue weighted by Gasteiger charge is 2.27. The lowest BCUT2D eigenvalue weighted by molar-refractivity contribution is 1.08. The highest BCUT2D eigenvalue weighted by Crippen LogP contribution is 2.51. The van der Waals surface area contributed by atoms with Gasteiger partial charge in [0.15, 0.2) is 34.9 Å². The zero-order chi connectivity index (χ0) is 52.9. The lowest BCUT2D eigenvalue weighted by Crippen LogP contribution is -2.04. The zero-order valence-corrected chi connectivity index (χ0v) is 43.2. The molecule has 15 aromatic rings. The van der Waals surface area contributed by atoms with Crippen molar-refractivity contribution in [3.8, 4) is 102 Å². The van der Waals surface area contributed by atoms with Gasteiger partial charge in [-0.25, -0.2) is 29.9 Å². The molecule has 0 atom stereocenters. The second kappa shape index (κ2) is 19.6. The average Bonchev–Trinajstić information content (AvgIpc) is 3.49. The molecule has 0 amide bonds. The van der Waals surface area contributed by atoms with Gasteiger partial charge in [0.1, 0.15) is 0 Å². The van der Waals surface area contributed by atoms with Gasteiger partial charge in [-0.1, -0.05) is 255 Å². The molecular weight excluding hydrogens is 973 g/mol. The zero-order valence-electron chi connectivity index (χ0n) is 43.2. The molecule has 2 aromatic heterocycles. The Morgan fingerprint density at radius 3 is 1.00 bits per heavy atom. The summed E-state index contributed by atoms with van der Waals surface area (Å²) in [6.07, 6.45) is 0. The topological polar surface area (TPSA) is 77.3 Å². The van der Waals surface area contributed by atoms with Crippen LogP contribution in [0.1, 0.15) is 0 Å². The van der Waals surface area contributed by atoms with E-state index in [2.05, 4.69) is 206 Å². The minimum Gasteiger partial charge on any atom is -0.208 e. The minimum absolute atomic E-state index is 0.550. The molecule has 0 aliphatic heterocycles. The molecule has 0 spiro atoms. The van der Waals surface area contributed by atoms with Crippen molar-refractivity contribution in [3.63, 3.8) is 0 Å². The largest absolute Gasteiger partial charge is 0.208 e. The Morgan fingerprint density at radius 2 is 0.487 bits per heavy atom. The highest BCUT2D eigenvalue weighted by atomic mass is 15.0. The van der Waals surface area contributed by atoms with E-state index < -0.39 is 0 Å². The fourth-order valence-electron chi connectivity index (χ4n) is 11.6. The summed E-state index contributed by atoms with van der Waals surface area (Å²) in [5, 5.41) is 10.6. The Bertz CT molecular complexity index is 4730. The first kappa shape index (κ1) is 46.5. The van der Waals surface area contributed by atoms with Gasteiger partial charge in [0.05, 0.1) is 0 Å². The molecule has 13 aromatic carbocycles. The third kappa shape index (κ3) is 8.22. The first-order chi connectivity index (χ1) is 39.7. The third-order valence-electron chi connectivity index (χ3n) is 15.3. The monoisotopic (exact) mass is 1020 g/mol. The molecule has 0 unspecified atom stereocenters. The number of hydrogen-bond acceptors (Lipinski definition) is 6. The molecule has 6 heteroatoms. The van der Waals surface area contributed by atoms with Crippen LogP contribution in [0.5, 0.6) is 0 Å². The minimum atomic E-state index is 0.550. The maximum Gasteiger partial charge on any atom is 0.165 e. The smallest absolute Gasteiger partial charge is 0.165 e. The summed E-state index contributed by atoms with van der Waals surface area (Å²) in [6, 6.07) is 98.1. The van der Waals surface area contributed by atoms with E-state index in [1.54, 1.807) is 0 Å². The molecular formula is C74H46N6. The SMILES string of the molecule is c1ccc(-c2ccc3c(-c4nc(-c5ccccc5)nc(-c5ccccc5)n4)c4cc5c(-c6ccccc6)c(-c6ccc7ccccc7c6)c6ccccc6c5cc4c(-c4nc(-c5ccccc5)nc(-c5ccccc5)n4)c3c2)cc1. The van der Waals surface area contributed by atoms with Crippen LogP contribution >= 0.6 is 0 Å². The van der Waals surface area contributed by atoms with E-state index in [4.69, 9.17) is 29.9 Å². The van der Waals surface area contributed by atoms with Crippen LogP contribution in [-0.2, 0) is 0 Å². The second-order valence-electron chi connectivity index (χ2n) is 20.1. The van der Waals surface area contributed by atoms with Gasteiger partial charge in [0.25, 0.3) is 0 Å². The first-order valence-corrected chi connectivity index (χ1v) is 26.9.